The Labute approximate surface area is 155 Å². The van der Waals surface area contributed by atoms with Gasteiger partial charge in [-0.2, -0.15) is 0 Å². The van der Waals surface area contributed by atoms with Gasteiger partial charge in [0.1, 0.15) is 11.2 Å². The molecule has 1 aromatic heterocycles. The molecule has 1 unspecified atom stereocenters. The van der Waals surface area contributed by atoms with E-state index in [-0.39, 0.29) is 12.5 Å². The van der Waals surface area contributed by atoms with E-state index in [0.717, 1.165) is 23.1 Å². The quantitative estimate of drug-likeness (QED) is 0.729. The van der Waals surface area contributed by atoms with Crippen LogP contribution >= 0.6 is 0 Å². The fourth-order valence-electron chi connectivity index (χ4n) is 4.02. The lowest BCUT2D eigenvalue weighted by Crippen LogP contribution is -2.41. The van der Waals surface area contributed by atoms with Gasteiger partial charge in [0.25, 0.3) is 5.91 Å². The summed E-state index contributed by atoms with van der Waals surface area (Å²) in [6.07, 6.45) is 1.36. The summed E-state index contributed by atoms with van der Waals surface area (Å²) in [5, 5.41) is 6.98. The number of carbonyl (C=O) groups is 2. The molecule has 2 aromatic carbocycles. The number of hydrogen-bond acceptors (Lipinski definition) is 4. The average Bonchev–Trinajstić information content (AvgIpc) is 3.38. The molecule has 1 fully saturated rings. The lowest BCUT2D eigenvalue weighted by Gasteiger charge is -2.22. The van der Waals surface area contributed by atoms with E-state index in [2.05, 4.69) is 10.5 Å². The number of benzene rings is 2. The Bertz CT molecular complexity index is 1040. The van der Waals surface area contributed by atoms with Crippen molar-refractivity contribution >= 4 is 11.9 Å². The van der Waals surface area contributed by atoms with Crippen LogP contribution in [-0.4, -0.2) is 22.0 Å². The average molecular weight is 359 g/mol. The molecule has 0 bridgehead atoms. The van der Waals surface area contributed by atoms with Crippen molar-refractivity contribution in [2.24, 2.45) is 0 Å². The van der Waals surface area contributed by atoms with Crippen LogP contribution in [0.25, 0.3) is 11.3 Å². The molecule has 1 aliphatic heterocycles. The number of aromatic nitrogens is 1. The number of hydrogen-bond donors (Lipinski definition) is 1. The van der Waals surface area contributed by atoms with E-state index < -0.39 is 11.6 Å². The molecular formula is C21H17N3O3. The van der Waals surface area contributed by atoms with Crippen LogP contribution < -0.4 is 5.32 Å². The highest BCUT2D eigenvalue weighted by molar-refractivity contribution is 6.08. The molecular weight excluding hydrogens is 342 g/mol. The number of fused-ring (bicyclic) bond motifs is 2. The molecule has 6 nitrogen and oxygen atoms in total. The third-order valence-corrected chi connectivity index (χ3v) is 5.36. The van der Waals surface area contributed by atoms with E-state index >= 15 is 0 Å². The van der Waals surface area contributed by atoms with E-state index in [0.29, 0.717) is 17.9 Å². The molecule has 1 spiro atoms. The van der Waals surface area contributed by atoms with Gasteiger partial charge in [-0.3, -0.25) is 9.69 Å². The van der Waals surface area contributed by atoms with Crippen LogP contribution in [0.3, 0.4) is 0 Å². The smallest absolute Gasteiger partial charge is 0.325 e. The largest absolute Gasteiger partial charge is 0.359 e. The number of amides is 3. The van der Waals surface area contributed by atoms with E-state index in [1.807, 2.05) is 54.6 Å². The highest BCUT2D eigenvalue weighted by atomic mass is 16.5. The molecule has 134 valence electrons. The number of nitrogens with one attached hydrogen (secondary N) is 1. The molecule has 2 aliphatic rings. The first kappa shape index (κ1) is 15.8. The van der Waals surface area contributed by atoms with Crippen molar-refractivity contribution in [1.82, 2.24) is 15.4 Å². The van der Waals surface area contributed by atoms with E-state index in [1.165, 1.54) is 4.90 Å². The summed E-state index contributed by atoms with van der Waals surface area (Å²) in [4.78, 5) is 27.0. The van der Waals surface area contributed by atoms with Crippen molar-refractivity contribution in [3.05, 3.63) is 77.6 Å². The van der Waals surface area contributed by atoms with E-state index in [9.17, 15) is 9.59 Å². The van der Waals surface area contributed by atoms with Crippen LogP contribution in [0.15, 0.2) is 65.2 Å². The summed E-state index contributed by atoms with van der Waals surface area (Å²) < 4.78 is 5.37. The maximum atomic E-state index is 13.2. The Morgan fingerprint density at radius 3 is 2.70 bits per heavy atom. The minimum atomic E-state index is -0.948. The van der Waals surface area contributed by atoms with Gasteiger partial charge in [-0.25, -0.2) is 4.79 Å². The lowest BCUT2D eigenvalue weighted by molar-refractivity contribution is -0.132. The summed E-state index contributed by atoms with van der Waals surface area (Å²) in [7, 11) is 0. The summed E-state index contributed by atoms with van der Waals surface area (Å²) in [5.41, 5.74) is 2.66. The number of carbonyl (C=O) groups excluding carboxylic acids is 2. The van der Waals surface area contributed by atoms with Gasteiger partial charge in [-0.1, -0.05) is 59.8 Å². The van der Waals surface area contributed by atoms with Gasteiger partial charge in [-0.05, 0) is 24.0 Å². The molecule has 0 saturated carbocycles. The van der Waals surface area contributed by atoms with Gasteiger partial charge in [0, 0.05) is 11.6 Å². The molecule has 1 N–H and O–H groups in total. The van der Waals surface area contributed by atoms with Crippen LogP contribution in [-0.2, 0) is 23.3 Å². The molecule has 1 saturated heterocycles. The van der Waals surface area contributed by atoms with Crippen molar-refractivity contribution < 1.29 is 14.1 Å². The van der Waals surface area contributed by atoms with Gasteiger partial charge in [-0.15, -0.1) is 0 Å². The van der Waals surface area contributed by atoms with Gasteiger partial charge in [0.15, 0.2) is 5.76 Å². The molecule has 3 aromatic rings. The van der Waals surface area contributed by atoms with Crippen LogP contribution in [0.5, 0.6) is 0 Å². The highest BCUT2D eigenvalue weighted by Gasteiger charge is 2.55. The molecule has 2 heterocycles. The van der Waals surface area contributed by atoms with Crippen LogP contribution in [0, 0.1) is 0 Å². The predicted molar refractivity (Wildman–Crippen MR) is 97.5 cm³/mol. The minimum absolute atomic E-state index is 0.0639. The van der Waals surface area contributed by atoms with E-state index in [4.69, 9.17) is 4.52 Å². The Balaban J connectivity index is 1.42. The van der Waals surface area contributed by atoms with Crippen molar-refractivity contribution in [3.63, 3.8) is 0 Å². The predicted octanol–water partition coefficient (Wildman–Crippen LogP) is 3.24. The zero-order valence-corrected chi connectivity index (χ0v) is 14.5. The normalized spacial score (nSPS) is 21.0. The maximum Gasteiger partial charge on any atom is 0.325 e. The zero-order valence-electron chi connectivity index (χ0n) is 14.5. The Kier molecular flexibility index (Phi) is 3.40. The fourth-order valence-corrected chi connectivity index (χ4v) is 4.02. The summed E-state index contributed by atoms with van der Waals surface area (Å²) in [5.74, 6) is 0.246. The molecule has 0 radical (unpaired) electrons. The topological polar surface area (TPSA) is 75.4 Å². The van der Waals surface area contributed by atoms with Crippen molar-refractivity contribution in [2.45, 2.75) is 24.9 Å². The first-order chi connectivity index (χ1) is 13.2. The number of rotatable bonds is 3. The van der Waals surface area contributed by atoms with Crippen LogP contribution in [0.2, 0.25) is 0 Å². The molecule has 3 amide bonds. The number of imide groups is 1. The van der Waals surface area contributed by atoms with Gasteiger partial charge in [0.2, 0.25) is 0 Å². The SMILES string of the molecule is O=C1NC2(CCc3ccccc32)C(=O)N1Cc1cc(-c2ccccc2)no1. The maximum absolute atomic E-state index is 13.2. The van der Waals surface area contributed by atoms with Gasteiger partial charge < -0.3 is 9.84 Å². The summed E-state index contributed by atoms with van der Waals surface area (Å²) in [6.45, 7) is 0.0639. The second kappa shape index (κ2) is 5.81. The third-order valence-electron chi connectivity index (χ3n) is 5.36. The van der Waals surface area contributed by atoms with Gasteiger partial charge >= 0.3 is 6.03 Å². The van der Waals surface area contributed by atoms with Crippen molar-refractivity contribution in [2.75, 3.05) is 0 Å². The second-order valence-electron chi connectivity index (χ2n) is 6.93. The Hall–Kier alpha value is -3.41. The molecule has 6 heteroatoms. The monoisotopic (exact) mass is 359 g/mol. The number of urea groups is 1. The summed E-state index contributed by atoms with van der Waals surface area (Å²) in [6, 6.07) is 18.8. The first-order valence-electron chi connectivity index (χ1n) is 8.91. The highest BCUT2D eigenvalue weighted by Crippen LogP contribution is 2.41. The molecule has 1 aliphatic carbocycles. The minimum Gasteiger partial charge on any atom is -0.359 e. The second-order valence-corrected chi connectivity index (χ2v) is 6.93. The molecule has 27 heavy (non-hydrogen) atoms. The van der Waals surface area contributed by atoms with Crippen molar-refractivity contribution in [1.29, 1.82) is 0 Å². The zero-order chi connectivity index (χ0) is 18.4. The number of nitrogens with zero attached hydrogens (tertiary/aromatic N) is 2. The Morgan fingerprint density at radius 2 is 1.85 bits per heavy atom. The van der Waals surface area contributed by atoms with Gasteiger partial charge in [0.05, 0.1) is 6.54 Å². The van der Waals surface area contributed by atoms with Crippen molar-refractivity contribution in [3.8, 4) is 11.3 Å². The third kappa shape index (κ3) is 2.37. The number of aryl methyl sites for hydroxylation is 1. The fraction of sp³-hybridized carbons (Fsp3) is 0.190. The Morgan fingerprint density at radius 1 is 1.07 bits per heavy atom. The summed E-state index contributed by atoms with van der Waals surface area (Å²) >= 11 is 0. The first-order valence-corrected chi connectivity index (χ1v) is 8.91. The standard InChI is InChI=1S/C21H17N3O3/c25-19-21(11-10-14-6-4-5-9-17(14)21)22-20(26)24(19)13-16-12-18(23-27-16)15-7-2-1-3-8-15/h1-9,12H,10-11,13H2,(H,22,26). The van der Waals surface area contributed by atoms with E-state index in [1.54, 1.807) is 6.07 Å². The van der Waals surface area contributed by atoms with Crippen LogP contribution in [0.4, 0.5) is 4.79 Å². The lowest BCUT2D eigenvalue weighted by atomic mass is 9.92. The molecule has 5 rings (SSSR count). The molecule has 1 atom stereocenters. The van der Waals surface area contributed by atoms with Crippen LogP contribution in [0.1, 0.15) is 23.3 Å².